The third-order valence-electron chi connectivity index (χ3n) is 1.45. The number of aliphatic carboxylic acids is 1. The van der Waals surface area contributed by atoms with Crippen molar-refractivity contribution >= 4 is 5.97 Å². The Bertz CT molecular complexity index is 264. The zero-order valence-corrected chi connectivity index (χ0v) is 6.40. The maximum absolute atomic E-state index is 10.1. The Labute approximate surface area is 70.3 Å². The number of carboxylic acid groups (broad SMARTS) is 1. The minimum absolute atomic E-state index is 0.189. The molecule has 1 rings (SSSR count). The molecule has 1 aromatic rings. The standard InChI is InChI=1S/C9H9O3/c10-8-4-1-7(2-5-8)3-6-9(11)12/h1-2,4-6,10H,3H2,(H,11,12). The molecule has 0 spiro atoms. The van der Waals surface area contributed by atoms with Crippen molar-refractivity contribution in [1.82, 2.24) is 0 Å². The lowest BCUT2D eigenvalue weighted by Crippen LogP contribution is -1.98. The molecule has 1 radical (unpaired) electrons. The Morgan fingerprint density at radius 3 is 2.42 bits per heavy atom. The molecule has 0 saturated heterocycles. The van der Waals surface area contributed by atoms with Crippen LogP contribution < -0.4 is 0 Å². The van der Waals surface area contributed by atoms with E-state index in [1.54, 1.807) is 12.1 Å². The van der Waals surface area contributed by atoms with E-state index in [0.717, 1.165) is 5.56 Å². The number of benzene rings is 1. The Kier molecular flexibility index (Phi) is 2.69. The lowest BCUT2D eigenvalue weighted by atomic mass is 10.1. The topological polar surface area (TPSA) is 57.5 Å². The van der Waals surface area contributed by atoms with Crippen molar-refractivity contribution in [2.24, 2.45) is 0 Å². The predicted octanol–water partition coefficient (Wildman–Crippen LogP) is 1.22. The molecule has 0 amide bonds. The van der Waals surface area contributed by atoms with Crippen molar-refractivity contribution in [3.05, 3.63) is 36.2 Å². The smallest absolute Gasteiger partial charge is 0.307 e. The van der Waals surface area contributed by atoms with Crippen LogP contribution in [0.3, 0.4) is 0 Å². The second kappa shape index (κ2) is 3.76. The van der Waals surface area contributed by atoms with Crippen molar-refractivity contribution in [2.45, 2.75) is 6.42 Å². The van der Waals surface area contributed by atoms with Crippen LogP contribution in [0.2, 0.25) is 0 Å². The van der Waals surface area contributed by atoms with Gasteiger partial charge in [-0.1, -0.05) is 12.1 Å². The average molecular weight is 165 g/mol. The molecule has 0 aliphatic heterocycles. The minimum Gasteiger partial charge on any atom is -0.508 e. The van der Waals surface area contributed by atoms with E-state index in [4.69, 9.17) is 10.2 Å². The van der Waals surface area contributed by atoms with Crippen LogP contribution in [0, 0.1) is 6.42 Å². The molecule has 0 atom stereocenters. The van der Waals surface area contributed by atoms with Gasteiger partial charge < -0.3 is 10.2 Å². The molecular formula is C9H9O3. The van der Waals surface area contributed by atoms with E-state index < -0.39 is 5.97 Å². The molecule has 0 fully saturated rings. The highest BCUT2D eigenvalue weighted by Crippen LogP contribution is 2.10. The number of hydrogen-bond donors (Lipinski definition) is 2. The van der Waals surface area contributed by atoms with Crippen molar-refractivity contribution in [3.63, 3.8) is 0 Å². The van der Waals surface area contributed by atoms with E-state index in [-0.39, 0.29) is 5.75 Å². The van der Waals surface area contributed by atoms with E-state index in [1.165, 1.54) is 18.6 Å². The molecule has 3 nitrogen and oxygen atoms in total. The molecule has 1 aromatic carbocycles. The molecule has 12 heavy (non-hydrogen) atoms. The maximum atomic E-state index is 10.1. The molecule has 0 bridgehead atoms. The van der Waals surface area contributed by atoms with Gasteiger partial charge in [0.15, 0.2) is 0 Å². The van der Waals surface area contributed by atoms with Crippen molar-refractivity contribution in [3.8, 4) is 5.75 Å². The van der Waals surface area contributed by atoms with Crippen LogP contribution in [-0.4, -0.2) is 16.2 Å². The lowest BCUT2D eigenvalue weighted by Gasteiger charge is -1.97. The van der Waals surface area contributed by atoms with Gasteiger partial charge in [0.1, 0.15) is 5.75 Å². The number of carboxylic acids is 1. The molecule has 63 valence electrons. The van der Waals surface area contributed by atoms with Crippen LogP contribution >= 0.6 is 0 Å². The molecular weight excluding hydrogens is 156 g/mol. The number of phenolic OH excluding ortho intramolecular Hbond substituents is 1. The first-order chi connectivity index (χ1) is 5.68. The first-order valence-corrected chi connectivity index (χ1v) is 3.52. The Balaban J connectivity index is 2.53. The third-order valence-corrected chi connectivity index (χ3v) is 1.45. The maximum Gasteiger partial charge on any atom is 0.307 e. The summed E-state index contributed by atoms with van der Waals surface area (Å²) in [5.74, 6) is -0.739. The van der Waals surface area contributed by atoms with Gasteiger partial charge in [0.25, 0.3) is 0 Å². The van der Waals surface area contributed by atoms with Crippen LogP contribution in [0.5, 0.6) is 5.75 Å². The highest BCUT2D eigenvalue weighted by Gasteiger charge is 1.98. The molecule has 0 saturated carbocycles. The van der Waals surface area contributed by atoms with E-state index in [0.29, 0.717) is 6.42 Å². The normalized spacial score (nSPS) is 9.67. The van der Waals surface area contributed by atoms with Gasteiger partial charge in [-0.2, -0.15) is 0 Å². The van der Waals surface area contributed by atoms with Gasteiger partial charge in [-0.05, 0) is 24.1 Å². The SMILES string of the molecule is O=C(O)[CH]Cc1ccc(O)cc1. The van der Waals surface area contributed by atoms with Crippen LogP contribution in [-0.2, 0) is 11.2 Å². The second-order valence-corrected chi connectivity index (χ2v) is 2.41. The molecule has 2 N–H and O–H groups in total. The molecule has 0 aliphatic rings. The highest BCUT2D eigenvalue weighted by atomic mass is 16.4. The van der Waals surface area contributed by atoms with Gasteiger partial charge in [-0.3, -0.25) is 4.79 Å². The summed E-state index contributed by atoms with van der Waals surface area (Å²) < 4.78 is 0. The first-order valence-electron chi connectivity index (χ1n) is 3.52. The third kappa shape index (κ3) is 2.62. The van der Waals surface area contributed by atoms with E-state index in [2.05, 4.69) is 0 Å². The van der Waals surface area contributed by atoms with Gasteiger partial charge in [-0.25, -0.2) is 0 Å². The summed E-state index contributed by atoms with van der Waals surface area (Å²) in [6.45, 7) is 0. The Morgan fingerprint density at radius 1 is 1.33 bits per heavy atom. The summed E-state index contributed by atoms with van der Waals surface area (Å²) in [5.41, 5.74) is 0.871. The van der Waals surface area contributed by atoms with Crippen LogP contribution in [0.1, 0.15) is 5.56 Å². The van der Waals surface area contributed by atoms with Gasteiger partial charge in [0.2, 0.25) is 0 Å². The average Bonchev–Trinajstić information content (AvgIpc) is 2.03. The van der Waals surface area contributed by atoms with Crippen molar-refractivity contribution in [2.75, 3.05) is 0 Å². The van der Waals surface area contributed by atoms with Crippen LogP contribution in [0.4, 0.5) is 0 Å². The quantitative estimate of drug-likeness (QED) is 0.708. The largest absolute Gasteiger partial charge is 0.508 e. The number of carbonyl (C=O) groups is 1. The van der Waals surface area contributed by atoms with Crippen molar-refractivity contribution in [1.29, 1.82) is 0 Å². The summed E-state index contributed by atoms with van der Waals surface area (Å²) in [6.07, 6.45) is 1.56. The fourth-order valence-corrected chi connectivity index (χ4v) is 0.837. The first kappa shape index (κ1) is 8.59. The number of phenols is 1. The summed E-state index contributed by atoms with van der Waals surface area (Å²) in [4.78, 5) is 10.1. The number of aromatic hydroxyl groups is 1. The summed E-state index contributed by atoms with van der Waals surface area (Å²) in [6, 6.07) is 6.44. The molecule has 0 aromatic heterocycles. The van der Waals surface area contributed by atoms with Gasteiger partial charge in [0, 0.05) is 0 Å². The fraction of sp³-hybridized carbons (Fsp3) is 0.111. The van der Waals surface area contributed by atoms with Gasteiger partial charge in [-0.15, -0.1) is 0 Å². The summed E-state index contributed by atoms with van der Waals surface area (Å²) in [5, 5.41) is 17.2. The Morgan fingerprint density at radius 2 is 1.92 bits per heavy atom. The van der Waals surface area contributed by atoms with Crippen molar-refractivity contribution < 1.29 is 15.0 Å². The van der Waals surface area contributed by atoms with Crippen LogP contribution in [0.25, 0.3) is 0 Å². The van der Waals surface area contributed by atoms with Gasteiger partial charge >= 0.3 is 5.97 Å². The number of hydrogen-bond acceptors (Lipinski definition) is 2. The van der Waals surface area contributed by atoms with E-state index in [1.807, 2.05) is 0 Å². The monoisotopic (exact) mass is 165 g/mol. The second-order valence-electron chi connectivity index (χ2n) is 2.41. The predicted molar refractivity (Wildman–Crippen MR) is 43.7 cm³/mol. The molecule has 0 heterocycles. The summed E-state index contributed by atoms with van der Waals surface area (Å²) in [7, 11) is 0. The fourth-order valence-electron chi connectivity index (χ4n) is 0.837. The minimum atomic E-state index is -0.928. The highest BCUT2D eigenvalue weighted by molar-refractivity contribution is 5.76. The molecule has 3 heteroatoms. The zero-order valence-electron chi connectivity index (χ0n) is 6.40. The van der Waals surface area contributed by atoms with E-state index in [9.17, 15) is 4.79 Å². The van der Waals surface area contributed by atoms with Gasteiger partial charge in [0.05, 0.1) is 6.42 Å². The zero-order chi connectivity index (χ0) is 8.97. The Hall–Kier alpha value is -1.51. The lowest BCUT2D eigenvalue weighted by molar-refractivity contribution is -0.133. The number of rotatable bonds is 3. The summed E-state index contributed by atoms with van der Waals surface area (Å²) >= 11 is 0. The van der Waals surface area contributed by atoms with Crippen LogP contribution in [0.15, 0.2) is 24.3 Å². The van der Waals surface area contributed by atoms with E-state index >= 15 is 0 Å². The molecule has 0 aliphatic carbocycles. The molecule has 0 unspecified atom stereocenters.